The molecule has 30 heavy (non-hydrogen) atoms. The van der Waals surface area contributed by atoms with Crippen LogP contribution < -0.4 is 4.74 Å². The van der Waals surface area contributed by atoms with Gasteiger partial charge < -0.3 is 14.7 Å². The van der Waals surface area contributed by atoms with Gasteiger partial charge in [-0.05, 0) is 24.5 Å². The standard InChI is InChI=1S/C24H28N2O4/c1-25(23(27)20-13-21(20)24(28)29)19-11-12-26(15-19)14-18-9-5-6-10-22(18)30-16-17-7-3-2-4-8-17/h2-10,19-21H,11-16H2,1H3,(H,28,29). The van der Waals surface area contributed by atoms with Crippen molar-refractivity contribution in [2.45, 2.75) is 32.0 Å². The first-order valence-electron chi connectivity index (χ1n) is 10.5. The van der Waals surface area contributed by atoms with Crippen molar-refractivity contribution >= 4 is 11.9 Å². The van der Waals surface area contributed by atoms with Crippen molar-refractivity contribution in [3.63, 3.8) is 0 Å². The van der Waals surface area contributed by atoms with E-state index in [9.17, 15) is 9.59 Å². The zero-order valence-corrected chi connectivity index (χ0v) is 17.2. The zero-order chi connectivity index (χ0) is 21.1. The minimum absolute atomic E-state index is 0.0270. The van der Waals surface area contributed by atoms with Crippen molar-refractivity contribution in [2.75, 3.05) is 20.1 Å². The Kier molecular flexibility index (Phi) is 6.04. The van der Waals surface area contributed by atoms with Crippen LogP contribution in [0.25, 0.3) is 0 Å². The molecule has 1 heterocycles. The van der Waals surface area contributed by atoms with Crippen LogP contribution in [0.15, 0.2) is 54.6 Å². The molecule has 3 atom stereocenters. The van der Waals surface area contributed by atoms with Crippen LogP contribution >= 0.6 is 0 Å². The Balaban J connectivity index is 1.32. The van der Waals surface area contributed by atoms with Gasteiger partial charge in [0.15, 0.2) is 0 Å². The Labute approximate surface area is 177 Å². The van der Waals surface area contributed by atoms with E-state index >= 15 is 0 Å². The molecule has 2 fully saturated rings. The summed E-state index contributed by atoms with van der Waals surface area (Å²) in [5, 5.41) is 9.08. The number of amides is 1. The summed E-state index contributed by atoms with van der Waals surface area (Å²) in [6.45, 7) is 3.00. The Morgan fingerprint density at radius 2 is 1.83 bits per heavy atom. The molecular formula is C24H28N2O4. The maximum absolute atomic E-state index is 12.6. The number of carbonyl (C=O) groups excluding carboxylic acids is 1. The van der Waals surface area contributed by atoms with E-state index in [-0.39, 0.29) is 17.9 Å². The molecule has 0 aromatic heterocycles. The summed E-state index contributed by atoms with van der Waals surface area (Å²) in [6, 6.07) is 18.3. The molecule has 1 saturated heterocycles. The fraction of sp³-hybridized carbons (Fsp3) is 0.417. The van der Waals surface area contributed by atoms with Crippen molar-refractivity contribution in [3.05, 3.63) is 65.7 Å². The van der Waals surface area contributed by atoms with Crippen LogP contribution in [0, 0.1) is 11.8 Å². The van der Waals surface area contributed by atoms with E-state index in [1.807, 2.05) is 43.4 Å². The number of ether oxygens (including phenoxy) is 1. The predicted octanol–water partition coefficient (Wildman–Crippen LogP) is 3.02. The number of aliphatic carboxylic acids is 1. The van der Waals surface area contributed by atoms with E-state index in [0.717, 1.165) is 42.9 Å². The fourth-order valence-corrected chi connectivity index (χ4v) is 4.21. The van der Waals surface area contributed by atoms with E-state index in [2.05, 4.69) is 23.1 Å². The number of hydrogen-bond acceptors (Lipinski definition) is 4. The van der Waals surface area contributed by atoms with Gasteiger partial charge in [0.25, 0.3) is 0 Å². The average molecular weight is 408 g/mol. The van der Waals surface area contributed by atoms with Crippen molar-refractivity contribution in [3.8, 4) is 5.75 Å². The topological polar surface area (TPSA) is 70.1 Å². The number of para-hydroxylation sites is 1. The van der Waals surface area contributed by atoms with E-state index in [1.165, 1.54) is 0 Å². The number of rotatable bonds is 8. The molecule has 2 aromatic carbocycles. The minimum Gasteiger partial charge on any atom is -0.489 e. The molecule has 1 amide bonds. The van der Waals surface area contributed by atoms with E-state index in [4.69, 9.17) is 9.84 Å². The first-order chi connectivity index (χ1) is 14.5. The van der Waals surface area contributed by atoms with Gasteiger partial charge in [-0.3, -0.25) is 14.5 Å². The van der Waals surface area contributed by atoms with Crippen molar-refractivity contribution < 1.29 is 19.4 Å². The molecule has 0 bridgehead atoms. The first kappa shape index (κ1) is 20.4. The molecule has 4 rings (SSSR count). The highest BCUT2D eigenvalue weighted by Gasteiger charge is 2.50. The Bertz CT molecular complexity index is 901. The SMILES string of the molecule is CN(C(=O)C1CC1C(=O)O)C1CCN(Cc2ccccc2OCc2ccccc2)C1. The average Bonchev–Trinajstić information content (AvgIpc) is 3.45. The summed E-state index contributed by atoms with van der Waals surface area (Å²) >= 11 is 0. The highest BCUT2D eigenvalue weighted by Crippen LogP contribution is 2.40. The van der Waals surface area contributed by atoms with Crippen LogP contribution in [0.5, 0.6) is 5.75 Å². The molecule has 3 unspecified atom stereocenters. The molecule has 6 heteroatoms. The predicted molar refractivity (Wildman–Crippen MR) is 113 cm³/mol. The number of likely N-dealkylation sites (tertiary alicyclic amines) is 1. The van der Waals surface area contributed by atoms with E-state index in [0.29, 0.717) is 13.0 Å². The third-order valence-corrected chi connectivity index (χ3v) is 6.17. The molecule has 0 radical (unpaired) electrons. The lowest BCUT2D eigenvalue weighted by molar-refractivity contribution is -0.142. The Morgan fingerprint density at radius 1 is 1.10 bits per heavy atom. The molecule has 1 saturated carbocycles. The molecule has 2 aromatic rings. The number of nitrogens with zero attached hydrogens (tertiary/aromatic N) is 2. The second kappa shape index (κ2) is 8.88. The summed E-state index contributed by atoms with van der Waals surface area (Å²) in [6.07, 6.45) is 1.38. The lowest BCUT2D eigenvalue weighted by atomic mass is 10.2. The summed E-state index contributed by atoms with van der Waals surface area (Å²) in [5.74, 6) is -0.834. The number of likely N-dealkylation sites (N-methyl/N-ethyl adjacent to an activating group) is 1. The number of carboxylic acid groups (broad SMARTS) is 1. The molecule has 158 valence electrons. The van der Waals surface area contributed by atoms with Gasteiger partial charge in [0.2, 0.25) is 5.91 Å². The molecule has 1 N–H and O–H groups in total. The number of carbonyl (C=O) groups is 2. The number of hydrogen-bond donors (Lipinski definition) is 1. The molecular weight excluding hydrogens is 380 g/mol. The fourth-order valence-electron chi connectivity index (χ4n) is 4.21. The summed E-state index contributed by atoms with van der Waals surface area (Å²) in [4.78, 5) is 27.7. The molecule has 1 aliphatic carbocycles. The van der Waals surface area contributed by atoms with Crippen molar-refractivity contribution in [1.82, 2.24) is 9.80 Å². The molecule has 6 nitrogen and oxygen atoms in total. The van der Waals surface area contributed by atoms with Crippen LogP contribution in [0.3, 0.4) is 0 Å². The number of carboxylic acids is 1. The molecule has 1 aliphatic heterocycles. The van der Waals surface area contributed by atoms with Gasteiger partial charge in [-0.1, -0.05) is 48.5 Å². The van der Waals surface area contributed by atoms with Crippen LogP contribution in [0.1, 0.15) is 24.0 Å². The normalized spacial score (nSPS) is 23.2. The second-order valence-corrected chi connectivity index (χ2v) is 8.30. The Hall–Kier alpha value is -2.86. The van der Waals surface area contributed by atoms with Crippen LogP contribution in [0.2, 0.25) is 0 Å². The monoisotopic (exact) mass is 408 g/mol. The van der Waals surface area contributed by atoms with E-state index < -0.39 is 11.9 Å². The van der Waals surface area contributed by atoms with Gasteiger partial charge in [-0.2, -0.15) is 0 Å². The lowest BCUT2D eigenvalue weighted by Gasteiger charge is -2.25. The summed E-state index contributed by atoms with van der Waals surface area (Å²) < 4.78 is 6.07. The smallest absolute Gasteiger partial charge is 0.307 e. The van der Waals surface area contributed by atoms with Gasteiger partial charge in [0, 0.05) is 38.3 Å². The highest BCUT2D eigenvalue weighted by atomic mass is 16.5. The second-order valence-electron chi connectivity index (χ2n) is 8.30. The lowest BCUT2D eigenvalue weighted by Crippen LogP contribution is -2.40. The van der Waals surface area contributed by atoms with Crippen molar-refractivity contribution in [1.29, 1.82) is 0 Å². The van der Waals surface area contributed by atoms with Gasteiger partial charge in [-0.15, -0.1) is 0 Å². The minimum atomic E-state index is -0.859. The van der Waals surface area contributed by atoms with Gasteiger partial charge in [0.1, 0.15) is 12.4 Å². The zero-order valence-electron chi connectivity index (χ0n) is 17.2. The van der Waals surface area contributed by atoms with Crippen LogP contribution in [0.4, 0.5) is 0 Å². The summed E-state index contributed by atoms with van der Waals surface area (Å²) in [5.41, 5.74) is 2.27. The van der Waals surface area contributed by atoms with Crippen LogP contribution in [-0.2, 0) is 22.7 Å². The first-order valence-corrected chi connectivity index (χ1v) is 10.5. The maximum atomic E-state index is 12.6. The Morgan fingerprint density at radius 3 is 2.57 bits per heavy atom. The third-order valence-electron chi connectivity index (χ3n) is 6.17. The quantitative estimate of drug-likeness (QED) is 0.727. The van der Waals surface area contributed by atoms with Crippen molar-refractivity contribution in [2.24, 2.45) is 11.8 Å². The third kappa shape index (κ3) is 4.65. The highest BCUT2D eigenvalue weighted by molar-refractivity contribution is 5.89. The van der Waals surface area contributed by atoms with Crippen LogP contribution in [-0.4, -0.2) is 53.0 Å². The number of benzene rings is 2. The van der Waals surface area contributed by atoms with E-state index in [1.54, 1.807) is 4.90 Å². The largest absolute Gasteiger partial charge is 0.489 e. The molecule has 0 spiro atoms. The van der Waals surface area contributed by atoms with Gasteiger partial charge >= 0.3 is 5.97 Å². The van der Waals surface area contributed by atoms with Gasteiger partial charge in [-0.25, -0.2) is 0 Å². The molecule has 2 aliphatic rings. The summed E-state index contributed by atoms with van der Waals surface area (Å²) in [7, 11) is 1.81. The maximum Gasteiger partial charge on any atom is 0.307 e. The van der Waals surface area contributed by atoms with Gasteiger partial charge in [0.05, 0.1) is 11.8 Å².